The minimum Gasteiger partial charge on any atom is -0.508 e. The third-order valence-corrected chi connectivity index (χ3v) is 22.5. The van der Waals surface area contributed by atoms with E-state index in [2.05, 4.69) is 62.5 Å². The summed E-state index contributed by atoms with van der Waals surface area (Å²) in [5.41, 5.74) is 62.1. The number of carbonyl (C=O) groups is 12. The summed E-state index contributed by atoms with van der Waals surface area (Å²) in [7, 11) is 0. The van der Waals surface area contributed by atoms with Gasteiger partial charge in [0.1, 0.15) is 65.8 Å². The number of aromatic nitrogens is 2. The first-order chi connectivity index (χ1) is 55.5. The Morgan fingerprint density at radius 3 is 1.45 bits per heavy atom. The molecule has 626 valence electrons. The van der Waals surface area contributed by atoms with Crippen LogP contribution in [-0.4, -0.2) is 290 Å². The fourth-order valence-corrected chi connectivity index (χ4v) is 16.8. The maximum atomic E-state index is 15.6. The van der Waals surface area contributed by atoms with E-state index in [0.29, 0.717) is 17.7 Å². The van der Waals surface area contributed by atoms with E-state index in [1.54, 1.807) is 24.3 Å². The van der Waals surface area contributed by atoms with Crippen molar-refractivity contribution in [3.8, 4) is 5.75 Å². The molecule has 12 amide bonds. The molecule has 7 saturated heterocycles. The Kier molecular flexibility index (Phi) is 28.7. The van der Waals surface area contributed by atoms with Crippen molar-refractivity contribution in [1.29, 1.82) is 0 Å². The van der Waals surface area contributed by atoms with E-state index in [1.165, 1.54) is 55.2 Å². The number of primary amides is 1. The number of guanidine groups is 2. The van der Waals surface area contributed by atoms with E-state index in [1.807, 2.05) is 30.3 Å². The van der Waals surface area contributed by atoms with Crippen molar-refractivity contribution >= 4 is 93.6 Å². The highest BCUT2D eigenvalue weighted by atomic mass is 16.3. The lowest BCUT2D eigenvalue weighted by Crippen LogP contribution is -2.60. The molecule has 116 heavy (non-hydrogen) atoms. The number of unbranched alkanes of at least 4 members (excludes halogenated alkanes) is 2. The number of hydrogen-bond donors (Lipinski definition) is 19. The summed E-state index contributed by atoms with van der Waals surface area (Å²) in [5.74, 6) is -8.29. The monoisotopic (exact) mass is 1610 g/mol. The molecule has 3 aromatic carbocycles. The summed E-state index contributed by atoms with van der Waals surface area (Å²) < 4.78 is 0. The molecule has 8 heterocycles. The molecule has 40 nitrogen and oxygen atoms in total. The van der Waals surface area contributed by atoms with Crippen LogP contribution >= 0.6 is 0 Å². The number of rotatable bonds is 32. The molecule has 4 aromatic rings. The lowest BCUT2D eigenvalue weighted by Gasteiger charge is -2.32. The normalized spacial score (nSPS) is 26.0. The Labute approximate surface area is 669 Å². The number of phenols is 1. The van der Waals surface area contributed by atoms with Gasteiger partial charge in [0, 0.05) is 114 Å². The van der Waals surface area contributed by atoms with Crippen LogP contribution in [0.15, 0.2) is 95.3 Å². The predicted octanol–water partition coefficient (Wildman–Crippen LogP) is -7.92. The molecule has 0 unspecified atom stereocenters. The number of fused-ring (bicyclic) bond motifs is 1. The van der Waals surface area contributed by atoms with Crippen LogP contribution in [-0.2, 0) is 65.6 Å². The number of hydrogen-bond acceptors (Lipinski definition) is 24. The second-order valence-electron chi connectivity index (χ2n) is 31.3. The first-order valence-electron chi connectivity index (χ1n) is 39.5. The number of nitrogens with zero attached hydrogens (tertiary/aromatic N) is 9. The van der Waals surface area contributed by atoms with Crippen molar-refractivity contribution < 1.29 is 62.6 Å². The number of nitrogens with two attached hydrogens (primary N) is 10. The number of nitrogens with one attached hydrogen (secondary N) is 8. The van der Waals surface area contributed by atoms with Gasteiger partial charge in [0.05, 0.1) is 30.4 Å². The Bertz CT molecular complexity index is 4300. The van der Waals surface area contributed by atoms with E-state index >= 15 is 24.0 Å². The molecule has 18 atom stereocenters. The SMILES string of the molecule is NC(=O)[C@H](Cc1ccc(O)cc1)NC(=O)[C@H]1C[C@@H](N)CN1C(=O)[C@H](Cc1cccc2ccccc12)NC(=O)[C@H](CCCCNC(=O)c1cnccn1)NC(=O)[C@H](CCCCNC(=O)[C@H]1C[C@@H](N)CN1C(=O)[C@H]1C[C@@H](N)CN1C(=O)[C@H]1C[C@@H](N=C(N)N)CN1)NC(=O)[C@H]1C[C@@H](N)CN1C(=O)[C@H]1C[C@@H](N)CN1C(=O)[C@H]1C[C@@H](N=C(N)N)CN1. The summed E-state index contributed by atoms with van der Waals surface area (Å²) in [4.78, 5) is 198. The molecule has 0 bridgehead atoms. The highest BCUT2D eigenvalue weighted by molar-refractivity contribution is 6.00. The van der Waals surface area contributed by atoms with Crippen molar-refractivity contribution in [2.45, 2.75) is 205 Å². The molecule has 40 heteroatoms. The number of likely N-dealkylation sites (tertiary alicyclic amines) is 5. The van der Waals surface area contributed by atoms with Gasteiger partial charge in [-0.05, 0) is 118 Å². The largest absolute Gasteiger partial charge is 0.508 e. The van der Waals surface area contributed by atoms with Gasteiger partial charge in [-0.1, -0.05) is 54.6 Å². The lowest BCUT2D eigenvalue weighted by molar-refractivity contribution is -0.147. The molecule has 0 radical (unpaired) electrons. The highest BCUT2D eigenvalue weighted by Crippen LogP contribution is 2.31. The maximum absolute atomic E-state index is 15.6. The fraction of sp³-hybridized carbons (Fsp3) is 0.553. The molecule has 7 aliphatic rings. The van der Waals surface area contributed by atoms with Crippen LogP contribution in [0.25, 0.3) is 10.8 Å². The van der Waals surface area contributed by atoms with Crippen LogP contribution in [0.4, 0.5) is 0 Å². The van der Waals surface area contributed by atoms with Gasteiger partial charge in [-0.2, -0.15) is 0 Å². The lowest BCUT2D eigenvalue weighted by atomic mass is 9.97. The molecule has 7 aliphatic heterocycles. The van der Waals surface area contributed by atoms with Gasteiger partial charge in [0.15, 0.2) is 11.9 Å². The number of amides is 12. The zero-order valence-electron chi connectivity index (χ0n) is 64.6. The van der Waals surface area contributed by atoms with Crippen LogP contribution in [0.3, 0.4) is 0 Å². The third-order valence-electron chi connectivity index (χ3n) is 22.5. The summed E-state index contributed by atoms with van der Waals surface area (Å²) in [6, 6.07) is 1.64. The second kappa shape index (κ2) is 38.9. The van der Waals surface area contributed by atoms with Crippen molar-refractivity contribution in [2.75, 3.05) is 58.9 Å². The molecular formula is C76H109N27O13. The van der Waals surface area contributed by atoms with E-state index in [0.717, 1.165) is 10.8 Å². The van der Waals surface area contributed by atoms with Gasteiger partial charge < -0.3 is 129 Å². The van der Waals surface area contributed by atoms with E-state index in [4.69, 9.17) is 57.3 Å². The number of carbonyl (C=O) groups excluding carboxylic acids is 12. The zero-order valence-corrected chi connectivity index (χ0v) is 64.6. The van der Waals surface area contributed by atoms with Gasteiger partial charge in [-0.25, -0.2) is 15.0 Å². The molecule has 0 aliphatic carbocycles. The quantitative estimate of drug-likeness (QED) is 0.0123. The zero-order chi connectivity index (χ0) is 83.2. The number of benzene rings is 3. The van der Waals surface area contributed by atoms with Crippen LogP contribution in [0.1, 0.15) is 105 Å². The number of phenolic OH excluding ortho intramolecular Hbond substituents is 1. The van der Waals surface area contributed by atoms with Gasteiger partial charge in [0.25, 0.3) is 5.91 Å². The first kappa shape index (κ1) is 85.6. The minimum absolute atomic E-state index is 0.00660. The van der Waals surface area contributed by atoms with Crippen LogP contribution < -0.4 is 99.9 Å². The Morgan fingerprint density at radius 1 is 0.474 bits per heavy atom. The summed E-state index contributed by atoms with van der Waals surface area (Å²) in [6.07, 6.45) is 4.74. The van der Waals surface area contributed by atoms with Crippen molar-refractivity contribution in [3.05, 3.63) is 102 Å². The fourth-order valence-electron chi connectivity index (χ4n) is 16.8. The molecule has 0 saturated carbocycles. The van der Waals surface area contributed by atoms with E-state index in [9.17, 15) is 38.7 Å². The van der Waals surface area contributed by atoms with Crippen LogP contribution in [0, 0.1) is 0 Å². The molecular weight excluding hydrogens is 1500 g/mol. The van der Waals surface area contributed by atoms with Crippen molar-refractivity contribution in [2.24, 2.45) is 67.3 Å². The standard InChI is InChI=1S/C76H109N27O13/c77-42-24-58(100(35-42)73(115)61-27-45(80)37-102(61)70(112)54-29-47(31-91-54)93-75(83)84)67(109)90-19-6-4-13-52(96-68(110)60-26-44(79)36-101(60)74(116)62-28-46(81)38-103(62)71(113)55-30-48(32-92-55)94-76(85)86)65(107)95-51(12-3-5-18-89-64(106)57-33-87-20-21-88-57)66(108)98-56(23-41-10-7-9-40-8-1-2-11-50(40)41)72(114)99-34-43(78)25-59(99)69(111)97-53(63(82)105)22-39-14-16-49(104)17-15-39/h1-2,7-11,14-17,20-21,33,42-48,51-56,58-62,91-92,104H,3-6,12-13,18-19,22-32,34-38,77-81H2,(H2,82,105)(H,89,106)(H,90,109)(H,95,107)(H,96,110)(H,97,111)(H,98,108)(H4,83,84,93)(H4,85,86,94)/t42-,43-,44-,45-,46-,47-,48-,51+,52+,53+,54-,55-,56+,58-,59-,60-,61-,62-/m1/s1. The predicted molar refractivity (Wildman–Crippen MR) is 424 cm³/mol. The smallest absolute Gasteiger partial charge is 0.271 e. The van der Waals surface area contributed by atoms with E-state index < -0.39 is 168 Å². The maximum Gasteiger partial charge on any atom is 0.271 e. The average Bonchev–Trinajstić information content (AvgIpc) is 1.62. The summed E-state index contributed by atoms with van der Waals surface area (Å²) >= 11 is 0. The van der Waals surface area contributed by atoms with Crippen LogP contribution in [0.2, 0.25) is 0 Å². The van der Waals surface area contributed by atoms with Gasteiger partial charge in [-0.3, -0.25) is 62.5 Å². The molecule has 11 rings (SSSR count). The summed E-state index contributed by atoms with van der Waals surface area (Å²) in [6.45, 7) is 0.466. The Balaban J connectivity index is 0.849. The van der Waals surface area contributed by atoms with Crippen LogP contribution in [0.5, 0.6) is 5.75 Å². The van der Waals surface area contributed by atoms with Gasteiger partial charge >= 0.3 is 0 Å². The molecule has 0 spiro atoms. The average molecular weight is 1610 g/mol. The van der Waals surface area contributed by atoms with Gasteiger partial charge in [-0.15, -0.1) is 0 Å². The Hall–Kier alpha value is -11.3. The Morgan fingerprint density at radius 2 is 0.931 bits per heavy atom. The van der Waals surface area contributed by atoms with Gasteiger partial charge in [0.2, 0.25) is 65.0 Å². The topological polar surface area (TPSA) is 648 Å². The van der Waals surface area contributed by atoms with E-state index in [-0.39, 0.29) is 184 Å². The number of aromatic hydroxyl groups is 1. The molecule has 29 N–H and O–H groups in total. The third kappa shape index (κ3) is 21.6. The second-order valence-corrected chi connectivity index (χ2v) is 31.3. The number of aliphatic imine (C=N–C) groups is 2. The molecule has 1 aromatic heterocycles. The first-order valence-corrected chi connectivity index (χ1v) is 39.5. The molecule has 7 fully saturated rings. The van der Waals surface area contributed by atoms with Crippen molar-refractivity contribution in [3.63, 3.8) is 0 Å². The summed E-state index contributed by atoms with van der Waals surface area (Å²) in [5, 5.41) is 34.7. The highest BCUT2D eigenvalue weighted by Gasteiger charge is 2.51. The van der Waals surface area contributed by atoms with Crippen molar-refractivity contribution in [1.82, 2.24) is 77.0 Å². The minimum atomic E-state index is -1.52.